The number of hydrogen-bond acceptors (Lipinski definition) is 7. The number of nitro benzene ring substituents is 1. The molecule has 8 nitrogen and oxygen atoms in total. The van der Waals surface area contributed by atoms with Crippen molar-refractivity contribution in [3.63, 3.8) is 0 Å². The van der Waals surface area contributed by atoms with Gasteiger partial charge in [-0.05, 0) is 31.2 Å². The Kier molecular flexibility index (Phi) is 6.52. The summed E-state index contributed by atoms with van der Waals surface area (Å²) in [7, 11) is 0. The first-order chi connectivity index (χ1) is 14.4. The van der Waals surface area contributed by atoms with Gasteiger partial charge in [0.1, 0.15) is 5.75 Å². The number of rotatable bonds is 8. The Morgan fingerprint density at radius 1 is 1.27 bits per heavy atom. The molecule has 2 aromatic carbocycles. The molecular formula is C19H15F2N3O5S. The number of alkyl halides is 2. The topological polar surface area (TPSA) is 104 Å². The lowest BCUT2D eigenvalue weighted by Crippen LogP contribution is -2.12. The molecule has 1 heterocycles. The second-order valence-electron chi connectivity index (χ2n) is 5.74. The van der Waals surface area contributed by atoms with Crippen LogP contribution in [0.4, 0.5) is 19.6 Å². The Balaban J connectivity index is 1.81. The molecule has 0 aliphatic carbocycles. The molecule has 0 unspecified atom stereocenters. The third kappa shape index (κ3) is 4.87. The van der Waals surface area contributed by atoms with Gasteiger partial charge in [-0.2, -0.15) is 8.78 Å². The number of para-hydroxylation sites is 1. The molecule has 1 aromatic heterocycles. The van der Waals surface area contributed by atoms with E-state index < -0.39 is 17.4 Å². The van der Waals surface area contributed by atoms with E-state index in [1.54, 1.807) is 30.5 Å². The van der Waals surface area contributed by atoms with Gasteiger partial charge >= 0.3 is 12.3 Å². The highest BCUT2D eigenvalue weighted by atomic mass is 32.1. The highest BCUT2D eigenvalue weighted by Gasteiger charge is 2.20. The minimum absolute atomic E-state index is 0.0437. The molecule has 0 fully saturated rings. The van der Waals surface area contributed by atoms with E-state index in [4.69, 9.17) is 4.74 Å². The number of benzene rings is 2. The highest BCUT2D eigenvalue weighted by Crippen LogP contribution is 2.33. The molecule has 0 atom stereocenters. The van der Waals surface area contributed by atoms with Gasteiger partial charge < -0.3 is 9.47 Å². The predicted octanol–water partition coefficient (Wildman–Crippen LogP) is 4.97. The van der Waals surface area contributed by atoms with E-state index in [0.717, 1.165) is 17.4 Å². The van der Waals surface area contributed by atoms with Gasteiger partial charge in [0.15, 0.2) is 10.9 Å². The van der Waals surface area contributed by atoms with Crippen molar-refractivity contribution in [2.75, 3.05) is 11.9 Å². The standard InChI is InChI=1S/C19H15F2N3O5S/c1-2-28-16-8-7-11(9-14(16)24(26)27)17(25)23-19-22-13(10-30-19)12-5-3-4-6-15(12)29-18(20)21/h3-10,18H,2H2,1H3,(H,22,23,25). The van der Waals surface area contributed by atoms with Crippen LogP contribution < -0.4 is 14.8 Å². The first-order valence-electron chi connectivity index (χ1n) is 8.61. The maximum atomic E-state index is 12.6. The van der Waals surface area contributed by atoms with Crippen LogP contribution in [0.1, 0.15) is 17.3 Å². The molecule has 0 aliphatic heterocycles. The number of nitro groups is 1. The van der Waals surface area contributed by atoms with Crippen LogP contribution in [0.3, 0.4) is 0 Å². The van der Waals surface area contributed by atoms with E-state index in [0.29, 0.717) is 11.3 Å². The van der Waals surface area contributed by atoms with Crippen LogP contribution in [-0.2, 0) is 0 Å². The lowest BCUT2D eigenvalue weighted by atomic mass is 10.1. The quantitative estimate of drug-likeness (QED) is 0.396. The highest BCUT2D eigenvalue weighted by molar-refractivity contribution is 7.14. The summed E-state index contributed by atoms with van der Waals surface area (Å²) >= 11 is 1.07. The summed E-state index contributed by atoms with van der Waals surface area (Å²) in [6.07, 6.45) is 0. The Morgan fingerprint density at radius 2 is 2.03 bits per heavy atom. The van der Waals surface area contributed by atoms with Gasteiger partial charge in [-0.15, -0.1) is 11.3 Å². The minimum Gasteiger partial charge on any atom is -0.487 e. The molecule has 0 saturated carbocycles. The van der Waals surface area contributed by atoms with Gasteiger partial charge in [0.25, 0.3) is 5.91 Å². The molecule has 1 amide bonds. The zero-order chi connectivity index (χ0) is 21.7. The molecule has 1 N–H and O–H groups in total. The van der Waals surface area contributed by atoms with Gasteiger partial charge in [0.05, 0.1) is 17.2 Å². The molecule has 0 radical (unpaired) electrons. The fourth-order valence-electron chi connectivity index (χ4n) is 2.58. The number of nitrogens with one attached hydrogen (secondary N) is 1. The number of ether oxygens (including phenoxy) is 2. The molecule has 3 aromatic rings. The van der Waals surface area contributed by atoms with E-state index in [9.17, 15) is 23.7 Å². The van der Waals surface area contributed by atoms with Crippen molar-refractivity contribution in [1.82, 2.24) is 4.98 Å². The second-order valence-corrected chi connectivity index (χ2v) is 6.60. The number of nitrogens with zero attached hydrogens (tertiary/aromatic N) is 2. The van der Waals surface area contributed by atoms with E-state index in [1.165, 1.54) is 18.2 Å². The second kappa shape index (κ2) is 9.27. The van der Waals surface area contributed by atoms with Crippen LogP contribution in [0.15, 0.2) is 47.8 Å². The number of hydrogen-bond donors (Lipinski definition) is 1. The molecule has 11 heteroatoms. The molecule has 0 spiro atoms. The Morgan fingerprint density at radius 3 is 2.73 bits per heavy atom. The molecule has 30 heavy (non-hydrogen) atoms. The number of aromatic nitrogens is 1. The Bertz CT molecular complexity index is 1070. The zero-order valence-corrected chi connectivity index (χ0v) is 16.3. The van der Waals surface area contributed by atoms with Crippen molar-refractivity contribution < 1.29 is 28.0 Å². The lowest BCUT2D eigenvalue weighted by Gasteiger charge is -2.08. The average Bonchev–Trinajstić information content (AvgIpc) is 3.16. The summed E-state index contributed by atoms with van der Waals surface area (Å²) in [6, 6.07) is 10.0. The third-order valence-electron chi connectivity index (χ3n) is 3.82. The molecule has 156 valence electrons. The number of carbonyl (C=O) groups excluding carboxylic acids is 1. The van der Waals surface area contributed by atoms with Gasteiger partial charge in [-0.1, -0.05) is 12.1 Å². The number of carbonyl (C=O) groups is 1. The summed E-state index contributed by atoms with van der Waals surface area (Å²) in [4.78, 5) is 27.3. The maximum absolute atomic E-state index is 12.6. The van der Waals surface area contributed by atoms with Crippen molar-refractivity contribution >= 4 is 28.1 Å². The smallest absolute Gasteiger partial charge is 0.387 e. The fourth-order valence-corrected chi connectivity index (χ4v) is 3.29. The molecule has 3 rings (SSSR count). The van der Waals surface area contributed by atoms with Crippen molar-refractivity contribution in [2.45, 2.75) is 13.5 Å². The molecular weight excluding hydrogens is 420 g/mol. The fraction of sp³-hybridized carbons (Fsp3) is 0.158. The van der Waals surface area contributed by atoms with E-state index in [2.05, 4.69) is 15.0 Å². The van der Waals surface area contributed by atoms with E-state index >= 15 is 0 Å². The minimum atomic E-state index is -2.99. The van der Waals surface area contributed by atoms with Gasteiger partial charge in [0.2, 0.25) is 0 Å². The van der Waals surface area contributed by atoms with E-state index in [-0.39, 0.29) is 34.5 Å². The van der Waals surface area contributed by atoms with Crippen LogP contribution in [0.25, 0.3) is 11.3 Å². The number of anilines is 1. The van der Waals surface area contributed by atoms with Gasteiger partial charge in [-0.25, -0.2) is 4.98 Å². The van der Waals surface area contributed by atoms with Gasteiger partial charge in [-0.3, -0.25) is 20.2 Å². The Labute approximate surface area is 173 Å². The molecule has 0 aliphatic rings. The van der Waals surface area contributed by atoms with Crippen molar-refractivity contribution in [1.29, 1.82) is 0 Å². The lowest BCUT2D eigenvalue weighted by molar-refractivity contribution is -0.385. The summed E-state index contributed by atoms with van der Waals surface area (Å²) in [6.45, 7) is -1.06. The largest absolute Gasteiger partial charge is 0.487 e. The monoisotopic (exact) mass is 435 g/mol. The zero-order valence-electron chi connectivity index (χ0n) is 15.5. The molecule has 0 saturated heterocycles. The number of amides is 1. The van der Waals surface area contributed by atoms with Crippen LogP contribution in [-0.4, -0.2) is 29.0 Å². The van der Waals surface area contributed by atoms with Crippen molar-refractivity contribution in [2.24, 2.45) is 0 Å². The van der Waals surface area contributed by atoms with Crippen LogP contribution in [0.5, 0.6) is 11.5 Å². The SMILES string of the molecule is CCOc1ccc(C(=O)Nc2nc(-c3ccccc3OC(F)F)cs2)cc1[N+](=O)[O-]. The number of halogens is 2. The Hall–Kier alpha value is -3.60. The molecule has 0 bridgehead atoms. The van der Waals surface area contributed by atoms with Crippen molar-refractivity contribution in [3.05, 3.63) is 63.5 Å². The average molecular weight is 435 g/mol. The van der Waals surface area contributed by atoms with Crippen LogP contribution >= 0.6 is 11.3 Å². The maximum Gasteiger partial charge on any atom is 0.387 e. The van der Waals surface area contributed by atoms with Crippen LogP contribution in [0, 0.1) is 10.1 Å². The summed E-state index contributed by atoms with van der Waals surface area (Å²) in [5, 5.41) is 15.5. The number of thiazole rings is 1. The normalized spacial score (nSPS) is 10.7. The van der Waals surface area contributed by atoms with Crippen molar-refractivity contribution in [3.8, 4) is 22.8 Å². The summed E-state index contributed by atoms with van der Waals surface area (Å²) < 4.78 is 34.9. The third-order valence-corrected chi connectivity index (χ3v) is 4.58. The van der Waals surface area contributed by atoms with E-state index in [1.807, 2.05) is 0 Å². The first kappa shape index (κ1) is 21.1. The van der Waals surface area contributed by atoms with Gasteiger partial charge in [0, 0.05) is 22.6 Å². The summed E-state index contributed by atoms with van der Waals surface area (Å²) in [5.41, 5.74) is 0.390. The van der Waals surface area contributed by atoms with Crippen LogP contribution in [0.2, 0.25) is 0 Å². The summed E-state index contributed by atoms with van der Waals surface area (Å²) in [5.74, 6) is -0.594. The first-order valence-corrected chi connectivity index (χ1v) is 9.49. The predicted molar refractivity (Wildman–Crippen MR) is 106 cm³/mol.